The van der Waals surface area contributed by atoms with E-state index in [0.717, 1.165) is 12.8 Å². The Morgan fingerprint density at radius 3 is 1.91 bits per heavy atom. The molecule has 0 aromatic carbocycles. The van der Waals surface area contributed by atoms with Gasteiger partial charge in [0.2, 0.25) is 0 Å². The van der Waals surface area contributed by atoms with Gasteiger partial charge >= 0.3 is 6.03 Å². The van der Waals surface area contributed by atoms with Crippen LogP contribution in [0, 0.1) is 0 Å². The molecule has 0 saturated carbocycles. The molecule has 126 valence electrons. The molecular formula is C17H32N4O. The number of nitrogens with two attached hydrogens (primary N) is 1. The number of hydrogen-bond acceptors (Lipinski definition) is 3. The normalized spacial score (nSPS) is 24.8. The van der Waals surface area contributed by atoms with Crippen LogP contribution in [0.5, 0.6) is 0 Å². The van der Waals surface area contributed by atoms with Crippen molar-refractivity contribution >= 4 is 6.03 Å². The van der Waals surface area contributed by atoms with E-state index in [1.807, 2.05) is 0 Å². The van der Waals surface area contributed by atoms with Crippen LogP contribution < -0.4 is 11.2 Å². The van der Waals surface area contributed by atoms with Crippen molar-refractivity contribution < 1.29 is 4.79 Å². The van der Waals surface area contributed by atoms with Crippen LogP contribution in [0.1, 0.15) is 83.5 Å². The zero-order valence-corrected chi connectivity index (χ0v) is 13.8. The zero-order chi connectivity index (χ0) is 15.9. The van der Waals surface area contributed by atoms with Crippen LogP contribution in [0.2, 0.25) is 0 Å². The highest BCUT2D eigenvalue weighted by Crippen LogP contribution is 2.17. The second kappa shape index (κ2) is 13.3. The molecule has 3 N–H and O–H groups in total. The maximum absolute atomic E-state index is 10.6. The summed E-state index contributed by atoms with van der Waals surface area (Å²) in [5.74, 6) is 0. The van der Waals surface area contributed by atoms with Crippen molar-refractivity contribution in [3.63, 3.8) is 0 Å². The second-order valence-corrected chi connectivity index (χ2v) is 6.15. The number of allylic oxidation sites excluding steroid dienone is 2. The predicted molar refractivity (Wildman–Crippen MR) is 90.5 cm³/mol. The van der Waals surface area contributed by atoms with Gasteiger partial charge in [-0.05, 0) is 38.5 Å². The Morgan fingerprint density at radius 1 is 0.864 bits per heavy atom. The molecule has 5 heteroatoms. The fourth-order valence-electron chi connectivity index (χ4n) is 2.82. The Labute approximate surface area is 134 Å². The monoisotopic (exact) mass is 308 g/mol. The molecule has 5 nitrogen and oxygen atoms in total. The minimum absolute atomic E-state index is 0.222. The summed E-state index contributed by atoms with van der Waals surface area (Å²) in [6.45, 7) is 0. The van der Waals surface area contributed by atoms with E-state index >= 15 is 0 Å². The lowest BCUT2D eigenvalue weighted by atomic mass is 10.0. The summed E-state index contributed by atoms with van der Waals surface area (Å²) >= 11 is 0. The first-order valence-electron chi connectivity index (χ1n) is 8.89. The highest BCUT2D eigenvalue weighted by molar-refractivity contribution is 5.70. The van der Waals surface area contributed by atoms with Crippen LogP contribution in [0.3, 0.4) is 0 Å². The summed E-state index contributed by atoms with van der Waals surface area (Å²) in [6.07, 6.45) is 20.7. The number of rotatable bonds is 2. The summed E-state index contributed by atoms with van der Waals surface area (Å²) in [4.78, 5) is 10.6. The highest BCUT2D eigenvalue weighted by atomic mass is 16.2. The van der Waals surface area contributed by atoms with Gasteiger partial charge in [0.15, 0.2) is 0 Å². The van der Waals surface area contributed by atoms with E-state index in [-0.39, 0.29) is 6.04 Å². The van der Waals surface area contributed by atoms with Gasteiger partial charge in [-0.1, -0.05) is 62.3 Å². The third-order valence-corrected chi connectivity index (χ3v) is 4.11. The van der Waals surface area contributed by atoms with Gasteiger partial charge in [0, 0.05) is 0 Å². The third kappa shape index (κ3) is 11.3. The Morgan fingerprint density at radius 2 is 1.36 bits per heavy atom. The van der Waals surface area contributed by atoms with Crippen LogP contribution in [0.4, 0.5) is 4.79 Å². The van der Waals surface area contributed by atoms with Crippen LogP contribution in [0.15, 0.2) is 22.5 Å². The Balaban J connectivity index is 2.35. The molecule has 22 heavy (non-hydrogen) atoms. The van der Waals surface area contributed by atoms with Gasteiger partial charge in [-0.25, -0.2) is 10.2 Å². The third-order valence-electron chi connectivity index (χ3n) is 4.11. The van der Waals surface area contributed by atoms with Gasteiger partial charge < -0.3 is 5.73 Å². The minimum Gasteiger partial charge on any atom is -0.350 e. The average Bonchev–Trinajstić information content (AvgIpc) is 2.48. The lowest BCUT2D eigenvalue weighted by molar-refractivity contribution is 0.248. The van der Waals surface area contributed by atoms with E-state index in [1.165, 1.54) is 70.6 Å². The van der Waals surface area contributed by atoms with Gasteiger partial charge in [-0.2, -0.15) is 5.11 Å². The summed E-state index contributed by atoms with van der Waals surface area (Å²) in [7, 11) is 0. The van der Waals surface area contributed by atoms with E-state index in [0.29, 0.717) is 0 Å². The van der Waals surface area contributed by atoms with Crippen molar-refractivity contribution in [2.75, 3.05) is 0 Å². The molecule has 0 aromatic heterocycles. The summed E-state index contributed by atoms with van der Waals surface area (Å²) in [5, 5.41) is 7.94. The van der Waals surface area contributed by atoms with Crippen LogP contribution >= 0.6 is 0 Å². The zero-order valence-electron chi connectivity index (χ0n) is 13.8. The molecule has 2 amide bonds. The fourth-order valence-corrected chi connectivity index (χ4v) is 2.82. The number of primary amides is 1. The minimum atomic E-state index is -0.648. The molecule has 0 radical (unpaired) electrons. The van der Waals surface area contributed by atoms with Crippen molar-refractivity contribution in [1.29, 1.82) is 0 Å². The van der Waals surface area contributed by atoms with E-state index in [4.69, 9.17) is 5.73 Å². The van der Waals surface area contributed by atoms with Crippen LogP contribution in [0.25, 0.3) is 0 Å². The second-order valence-electron chi connectivity index (χ2n) is 6.15. The van der Waals surface area contributed by atoms with Gasteiger partial charge in [0.05, 0.1) is 6.04 Å². The molecule has 0 fully saturated rings. The van der Waals surface area contributed by atoms with Crippen molar-refractivity contribution in [3.8, 4) is 0 Å². The first-order chi connectivity index (χ1) is 10.8. The largest absolute Gasteiger partial charge is 0.350 e. The molecule has 0 bridgehead atoms. The summed E-state index contributed by atoms with van der Waals surface area (Å²) in [6, 6.07) is -0.426. The Bertz CT molecular complexity index is 342. The number of amides is 2. The van der Waals surface area contributed by atoms with Gasteiger partial charge in [-0.3, -0.25) is 0 Å². The molecule has 1 aliphatic rings. The van der Waals surface area contributed by atoms with Crippen molar-refractivity contribution in [2.45, 2.75) is 89.5 Å². The Hall–Kier alpha value is -1.39. The number of nitrogens with one attached hydrogen (secondary N) is 1. The lowest BCUT2D eigenvalue weighted by Gasteiger charge is -2.11. The molecule has 1 unspecified atom stereocenters. The van der Waals surface area contributed by atoms with Crippen molar-refractivity contribution in [2.24, 2.45) is 16.1 Å². The molecule has 0 aliphatic heterocycles. The number of urea groups is 1. The van der Waals surface area contributed by atoms with Gasteiger partial charge in [0.25, 0.3) is 0 Å². The highest BCUT2D eigenvalue weighted by Gasteiger charge is 2.07. The molecule has 1 aliphatic carbocycles. The molecule has 0 heterocycles. The standard InChI is InChI=1S/C17H32N4O/c18-17(22)20-21-19-16-14-12-10-8-6-4-2-1-3-5-7-9-11-13-15-16/h1-2,16H,3-15H2,(H3,18,19,20,22)/b2-1+. The lowest BCUT2D eigenvalue weighted by Crippen LogP contribution is -2.24. The maximum atomic E-state index is 10.6. The quantitative estimate of drug-likeness (QED) is 0.418. The molecule has 0 spiro atoms. The van der Waals surface area contributed by atoms with Crippen molar-refractivity contribution in [1.82, 2.24) is 5.43 Å². The van der Waals surface area contributed by atoms with Crippen LogP contribution in [-0.4, -0.2) is 12.1 Å². The van der Waals surface area contributed by atoms with E-state index in [9.17, 15) is 4.79 Å². The van der Waals surface area contributed by atoms with E-state index in [1.54, 1.807) is 0 Å². The molecule has 1 atom stereocenters. The summed E-state index contributed by atoms with van der Waals surface area (Å²) in [5.41, 5.74) is 7.20. The first kappa shape index (κ1) is 18.7. The van der Waals surface area contributed by atoms with E-state index in [2.05, 4.69) is 27.9 Å². The molecular weight excluding hydrogens is 276 g/mol. The SMILES string of the molecule is NC(=O)NN=NC1CCCCCC/C=C/CCCCCCC1. The number of nitrogens with zero attached hydrogens (tertiary/aromatic N) is 2. The Kier molecular flexibility index (Phi) is 11.3. The maximum Gasteiger partial charge on any atom is 0.333 e. The predicted octanol–water partition coefficient (Wildman–Crippen LogP) is 5.03. The smallest absolute Gasteiger partial charge is 0.333 e. The average molecular weight is 308 g/mol. The van der Waals surface area contributed by atoms with Gasteiger partial charge in [0.1, 0.15) is 0 Å². The number of carbonyl (C=O) groups is 1. The molecule has 0 aromatic rings. The number of carbonyl (C=O) groups excluding carboxylic acids is 1. The molecule has 1 rings (SSSR count). The van der Waals surface area contributed by atoms with Crippen LogP contribution in [-0.2, 0) is 0 Å². The molecule has 0 saturated heterocycles. The van der Waals surface area contributed by atoms with E-state index < -0.39 is 6.03 Å². The van der Waals surface area contributed by atoms with Gasteiger partial charge in [-0.15, -0.1) is 0 Å². The topological polar surface area (TPSA) is 79.8 Å². The van der Waals surface area contributed by atoms with Crippen molar-refractivity contribution in [3.05, 3.63) is 12.2 Å². The first-order valence-corrected chi connectivity index (χ1v) is 8.89. The fraction of sp³-hybridized carbons (Fsp3) is 0.824. The summed E-state index contributed by atoms with van der Waals surface area (Å²) < 4.78 is 0. The number of hydrogen-bond donors (Lipinski definition) is 2.